The van der Waals surface area contributed by atoms with Crippen molar-refractivity contribution in [2.24, 2.45) is 0 Å². The molecular weight excluding hydrogens is 382 g/mol. The van der Waals surface area contributed by atoms with Crippen LogP contribution in [0.1, 0.15) is 42.2 Å². The third-order valence-corrected chi connectivity index (χ3v) is 7.22. The highest BCUT2D eigenvalue weighted by Crippen LogP contribution is 2.37. The highest BCUT2D eigenvalue weighted by atomic mass is 32.1. The number of fused-ring (bicyclic) bond motifs is 1. The second-order valence-electron chi connectivity index (χ2n) is 7.96. The Morgan fingerprint density at radius 1 is 1.07 bits per heavy atom. The minimum atomic E-state index is 0.181. The number of rotatable bonds is 4. The van der Waals surface area contributed by atoms with Crippen LogP contribution in [0.25, 0.3) is 10.2 Å². The van der Waals surface area contributed by atoms with Crippen LogP contribution in [0.2, 0.25) is 0 Å². The van der Waals surface area contributed by atoms with Gasteiger partial charge in [0.1, 0.15) is 11.4 Å². The lowest BCUT2D eigenvalue weighted by molar-refractivity contribution is 0.0734. The average molecular weight is 410 g/mol. The first-order valence-corrected chi connectivity index (χ1v) is 11.4. The largest absolute Gasteiger partial charge is 0.495 e. The van der Waals surface area contributed by atoms with E-state index in [-0.39, 0.29) is 5.91 Å². The number of hydrogen-bond donors (Lipinski definition) is 0. The summed E-state index contributed by atoms with van der Waals surface area (Å²) in [6.07, 6.45) is 4.89. The number of amides is 1. The molecule has 0 unspecified atom stereocenters. The molecule has 1 amide bonds. The van der Waals surface area contributed by atoms with Crippen LogP contribution >= 0.6 is 11.3 Å². The molecule has 2 fully saturated rings. The summed E-state index contributed by atoms with van der Waals surface area (Å²) in [6, 6.07) is 12.9. The maximum absolute atomic E-state index is 13.5. The number of ether oxygens (including phenoxy) is 1. The molecule has 3 aromatic rings. The van der Waals surface area contributed by atoms with Gasteiger partial charge in [-0.25, -0.2) is 0 Å². The molecule has 1 saturated heterocycles. The molecule has 0 bridgehead atoms. The Balaban J connectivity index is 1.36. The van der Waals surface area contributed by atoms with E-state index in [1.165, 1.54) is 35.9 Å². The zero-order chi connectivity index (χ0) is 19.8. The fraction of sp³-hybridized carbons (Fsp3) is 0.435. The molecule has 3 heterocycles. The van der Waals surface area contributed by atoms with Crippen LogP contribution in [0.3, 0.4) is 0 Å². The number of carbonyl (C=O) groups is 1. The van der Waals surface area contributed by atoms with Gasteiger partial charge < -0.3 is 19.1 Å². The second-order valence-corrected chi connectivity index (χ2v) is 8.91. The summed E-state index contributed by atoms with van der Waals surface area (Å²) in [6.45, 7) is 3.12. The van der Waals surface area contributed by atoms with Crippen molar-refractivity contribution in [3.8, 4) is 5.75 Å². The van der Waals surface area contributed by atoms with Crippen molar-refractivity contribution < 1.29 is 9.53 Å². The number of aromatic nitrogens is 1. The van der Waals surface area contributed by atoms with Crippen molar-refractivity contribution in [2.75, 3.05) is 38.2 Å². The number of methoxy groups -OCH3 is 1. The van der Waals surface area contributed by atoms with Gasteiger partial charge in [0.25, 0.3) is 5.91 Å². The quantitative estimate of drug-likeness (QED) is 0.622. The SMILES string of the molecule is COc1ccccc1N1CCN(C(=O)c2cc3sccc3n2C2CCCC2)CC1. The summed E-state index contributed by atoms with van der Waals surface area (Å²) in [7, 11) is 1.71. The number of thiophene rings is 1. The third-order valence-electron chi connectivity index (χ3n) is 6.36. The fourth-order valence-electron chi connectivity index (χ4n) is 4.87. The maximum Gasteiger partial charge on any atom is 0.270 e. The number of nitrogens with zero attached hydrogens (tertiary/aromatic N) is 3. The molecule has 5 nitrogen and oxygen atoms in total. The van der Waals surface area contributed by atoms with Gasteiger partial charge in [0.15, 0.2) is 0 Å². The minimum Gasteiger partial charge on any atom is -0.495 e. The number of carbonyl (C=O) groups excluding carboxylic acids is 1. The Morgan fingerprint density at radius 2 is 1.83 bits per heavy atom. The van der Waals surface area contributed by atoms with Crippen LogP contribution in [0.4, 0.5) is 5.69 Å². The normalized spacial score (nSPS) is 18.0. The molecule has 29 heavy (non-hydrogen) atoms. The van der Waals surface area contributed by atoms with Crippen LogP contribution in [-0.2, 0) is 0 Å². The standard InChI is InChI=1S/C23H27N3O2S/c1-28-21-9-5-4-8-18(21)24-11-13-25(14-12-24)23(27)20-16-22-19(10-15-29-22)26(20)17-6-2-3-7-17/h4-5,8-10,15-17H,2-3,6-7,11-14H2,1H3. The van der Waals surface area contributed by atoms with Gasteiger partial charge in [-0.05, 0) is 42.5 Å². The summed E-state index contributed by atoms with van der Waals surface area (Å²) >= 11 is 1.73. The van der Waals surface area contributed by atoms with Crippen LogP contribution in [0.5, 0.6) is 5.75 Å². The summed E-state index contributed by atoms with van der Waals surface area (Å²) < 4.78 is 9.09. The summed E-state index contributed by atoms with van der Waals surface area (Å²) in [4.78, 5) is 17.8. The van der Waals surface area contributed by atoms with Crippen molar-refractivity contribution in [1.82, 2.24) is 9.47 Å². The minimum absolute atomic E-state index is 0.181. The zero-order valence-electron chi connectivity index (χ0n) is 16.8. The summed E-state index contributed by atoms with van der Waals surface area (Å²) in [5, 5.41) is 2.14. The topological polar surface area (TPSA) is 37.7 Å². The van der Waals surface area contributed by atoms with E-state index in [0.29, 0.717) is 6.04 Å². The maximum atomic E-state index is 13.5. The van der Waals surface area contributed by atoms with Gasteiger partial charge in [0.05, 0.1) is 23.0 Å². The fourth-order valence-corrected chi connectivity index (χ4v) is 5.68. The summed E-state index contributed by atoms with van der Waals surface area (Å²) in [5.41, 5.74) is 3.22. The van der Waals surface area contributed by atoms with Crippen molar-refractivity contribution >= 4 is 33.1 Å². The molecule has 2 aromatic heterocycles. The molecule has 0 atom stereocenters. The lowest BCUT2D eigenvalue weighted by Crippen LogP contribution is -2.49. The molecular formula is C23H27N3O2S. The van der Waals surface area contributed by atoms with Gasteiger partial charge >= 0.3 is 0 Å². The molecule has 1 aliphatic carbocycles. The first-order valence-electron chi connectivity index (χ1n) is 10.5. The van der Waals surface area contributed by atoms with E-state index in [9.17, 15) is 4.79 Å². The van der Waals surface area contributed by atoms with Gasteiger partial charge in [-0.3, -0.25) is 4.79 Å². The van der Waals surface area contributed by atoms with Crippen LogP contribution in [0.15, 0.2) is 41.8 Å². The Morgan fingerprint density at radius 3 is 2.59 bits per heavy atom. The van der Waals surface area contributed by atoms with Crippen molar-refractivity contribution in [2.45, 2.75) is 31.7 Å². The first kappa shape index (κ1) is 18.6. The molecule has 1 saturated carbocycles. The number of piperazine rings is 1. The Bertz CT molecular complexity index is 1010. The van der Waals surface area contributed by atoms with E-state index in [0.717, 1.165) is 43.3 Å². The van der Waals surface area contributed by atoms with E-state index in [2.05, 4.69) is 33.0 Å². The number of para-hydroxylation sites is 2. The lowest BCUT2D eigenvalue weighted by atomic mass is 10.2. The monoisotopic (exact) mass is 409 g/mol. The van der Waals surface area contributed by atoms with Crippen LogP contribution in [-0.4, -0.2) is 48.7 Å². The molecule has 2 aliphatic rings. The second kappa shape index (κ2) is 7.75. The molecule has 152 valence electrons. The van der Waals surface area contributed by atoms with Crippen molar-refractivity contribution in [3.63, 3.8) is 0 Å². The molecule has 1 aliphatic heterocycles. The van der Waals surface area contributed by atoms with Gasteiger partial charge in [-0.1, -0.05) is 25.0 Å². The lowest BCUT2D eigenvalue weighted by Gasteiger charge is -2.37. The van der Waals surface area contributed by atoms with E-state index < -0.39 is 0 Å². The Hall–Kier alpha value is -2.47. The number of hydrogen-bond acceptors (Lipinski definition) is 4. The van der Waals surface area contributed by atoms with Crippen molar-refractivity contribution in [3.05, 3.63) is 47.5 Å². The molecule has 5 rings (SSSR count). The number of anilines is 1. The number of benzene rings is 1. The van der Waals surface area contributed by atoms with Crippen LogP contribution in [0, 0.1) is 0 Å². The van der Waals surface area contributed by atoms with E-state index >= 15 is 0 Å². The van der Waals surface area contributed by atoms with E-state index in [4.69, 9.17) is 4.74 Å². The predicted molar refractivity (Wildman–Crippen MR) is 118 cm³/mol. The smallest absolute Gasteiger partial charge is 0.270 e. The Kier molecular flexibility index (Phi) is 4.96. The molecule has 0 spiro atoms. The highest BCUT2D eigenvalue weighted by Gasteiger charge is 2.29. The first-order chi connectivity index (χ1) is 14.3. The average Bonchev–Trinajstić information content (AvgIpc) is 3.50. The summed E-state index contributed by atoms with van der Waals surface area (Å²) in [5.74, 6) is 1.07. The van der Waals surface area contributed by atoms with Gasteiger partial charge in [0.2, 0.25) is 0 Å². The van der Waals surface area contributed by atoms with Gasteiger partial charge in [0, 0.05) is 32.2 Å². The van der Waals surface area contributed by atoms with Gasteiger partial charge in [-0.2, -0.15) is 0 Å². The molecule has 6 heteroatoms. The Labute approximate surface area is 175 Å². The van der Waals surface area contributed by atoms with E-state index in [1.54, 1.807) is 18.4 Å². The van der Waals surface area contributed by atoms with Crippen molar-refractivity contribution in [1.29, 1.82) is 0 Å². The molecule has 1 aromatic carbocycles. The van der Waals surface area contributed by atoms with Crippen LogP contribution < -0.4 is 9.64 Å². The predicted octanol–water partition coefficient (Wildman–Crippen LogP) is 4.79. The highest BCUT2D eigenvalue weighted by molar-refractivity contribution is 7.17. The zero-order valence-corrected chi connectivity index (χ0v) is 17.7. The molecule has 0 N–H and O–H groups in total. The molecule has 0 radical (unpaired) electrons. The third kappa shape index (κ3) is 3.29. The van der Waals surface area contributed by atoms with E-state index in [1.807, 2.05) is 23.1 Å². The van der Waals surface area contributed by atoms with Gasteiger partial charge in [-0.15, -0.1) is 11.3 Å².